The molecule has 0 aliphatic heterocycles. The van der Waals surface area contributed by atoms with E-state index in [4.69, 9.17) is 0 Å². The molecule has 0 rings (SSSR count). The van der Waals surface area contributed by atoms with Crippen molar-refractivity contribution in [2.45, 2.75) is 60.5 Å². The Morgan fingerprint density at radius 1 is 1.10 bits per heavy atom. The van der Waals surface area contributed by atoms with Gasteiger partial charge >= 0.3 is 0 Å². The number of guanidine groups is 1. The van der Waals surface area contributed by atoms with Crippen LogP contribution in [0.3, 0.4) is 0 Å². The first-order chi connectivity index (χ1) is 8.92. The van der Waals surface area contributed by atoms with Crippen LogP contribution >= 0.6 is 24.0 Å². The maximum atomic E-state index is 4.66. The molecule has 2 N–H and O–H groups in total. The van der Waals surface area contributed by atoms with E-state index in [1.165, 1.54) is 0 Å². The summed E-state index contributed by atoms with van der Waals surface area (Å²) >= 11 is 0. The molecule has 0 heterocycles. The van der Waals surface area contributed by atoms with Crippen LogP contribution < -0.4 is 10.6 Å². The normalized spacial score (nSPS) is 13.6. The van der Waals surface area contributed by atoms with Gasteiger partial charge in [0.05, 0.1) is 6.54 Å². The smallest absolute Gasteiger partial charge is 0.191 e. The van der Waals surface area contributed by atoms with Crippen molar-refractivity contribution in [1.29, 1.82) is 0 Å². The lowest BCUT2D eigenvalue weighted by atomic mass is 10.1. The van der Waals surface area contributed by atoms with Gasteiger partial charge in [-0.25, -0.2) is 0 Å². The molecule has 20 heavy (non-hydrogen) atoms. The van der Waals surface area contributed by atoms with Crippen LogP contribution in [0.4, 0.5) is 0 Å². The molecule has 0 aromatic rings. The SMILES string of the molecule is CCNC(=NCCN(CC)C(C)C)NC(C)C(C)C.I. The van der Waals surface area contributed by atoms with Crippen LogP contribution in [0.2, 0.25) is 0 Å². The minimum Gasteiger partial charge on any atom is -0.357 e. The molecule has 0 saturated carbocycles. The number of likely N-dealkylation sites (N-methyl/N-ethyl adjacent to an activating group) is 1. The molecule has 0 aromatic carbocycles. The molecule has 0 saturated heterocycles. The van der Waals surface area contributed by atoms with E-state index in [2.05, 4.69) is 69.0 Å². The molecule has 0 amide bonds. The fourth-order valence-corrected chi connectivity index (χ4v) is 1.77. The van der Waals surface area contributed by atoms with Gasteiger partial charge in [0.15, 0.2) is 5.96 Å². The largest absolute Gasteiger partial charge is 0.357 e. The molecular weight excluding hydrogens is 363 g/mol. The lowest BCUT2D eigenvalue weighted by Gasteiger charge is -2.24. The standard InChI is InChI=1S/C15H34N4.HI/c1-8-16-15(18-14(7)12(3)4)17-10-11-19(9-2)13(5)6;/h12-14H,8-11H2,1-7H3,(H2,16,17,18);1H. The van der Waals surface area contributed by atoms with Crippen LogP contribution in [0.5, 0.6) is 0 Å². The molecule has 0 spiro atoms. The number of halogens is 1. The van der Waals surface area contributed by atoms with Gasteiger partial charge in [0.1, 0.15) is 0 Å². The third kappa shape index (κ3) is 9.80. The van der Waals surface area contributed by atoms with Crippen molar-refractivity contribution in [2.75, 3.05) is 26.2 Å². The van der Waals surface area contributed by atoms with Crippen molar-refractivity contribution in [3.05, 3.63) is 0 Å². The molecule has 5 heteroatoms. The second kappa shape index (κ2) is 12.7. The van der Waals surface area contributed by atoms with E-state index < -0.39 is 0 Å². The number of nitrogens with zero attached hydrogens (tertiary/aromatic N) is 2. The highest BCUT2D eigenvalue weighted by Crippen LogP contribution is 2.00. The Labute approximate surface area is 143 Å². The molecular formula is C15H35IN4. The van der Waals surface area contributed by atoms with Crippen LogP contribution in [0, 0.1) is 5.92 Å². The average Bonchev–Trinajstić information content (AvgIpc) is 2.33. The molecule has 1 atom stereocenters. The zero-order valence-electron chi connectivity index (χ0n) is 14.4. The summed E-state index contributed by atoms with van der Waals surface area (Å²) in [5.41, 5.74) is 0. The number of rotatable bonds is 8. The Bertz CT molecular complexity index is 254. The first-order valence-electron chi connectivity index (χ1n) is 7.71. The van der Waals surface area contributed by atoms with E-state index >= 15 is 0 Å². The van der Waals surface area contributed by atoms with Crippen molar-refractivity contribution in [3.8, 4) is 0 Å². The van der Waals surface area contributed by atoms with Gasteiger partial charge in [-0.05, 0) is 40.2 Å². The highest BCUT2D eigenvalue weighted by molar-refractivity contribution is 14.0. The summed E-state index contributed by atoms with van der Waals surface area (Å²) in [5.74, 6) is 1.54. The van der Waals surface area contributed by atoms with Crippen LogP contribution in [-0.2, 0) is 0 Å². The van der Waals surface area contributed by atoms with Gasteiger partial charge in [0.2, 0.25) is 0 Å². The summed E-state index contributed by atoms with van der Waals surface area (Å²) in [5, 5.41) is 6.77. The van der Waals surface area contributed by atoms with E-state index in [1.807, 2.05) is 0 Å². The second-order valence-electron chi connectivity index (χ2n) is 5.66. The average molecular weight is 398 g/mol. The zero-order valence-corrected chi connectivity index (χ0v) is 16.7. The molecule has 4 nitrogen and oxygen atoms in total. The highest BCUT2D eigenvalue weighted by atomic mass is 127. The maximum Gasteiger partial charge on any atom is 0.191 e. The molecule has 0 fully saturated rings. The minimum atomic E-state index is 0. The van der Waals surface area contributed by atoms with E-state index in [0.29, 0.717) is 18.0 Å². The molecule has 0 radical (unpaired) electrons. The topological polar surface area (TPSA) is 39.7 Å². The predicted octanol–water partition coefficient (Wildman–Crippen LogP) is 2.93. The van der Waals surface area contributed by atoms with E-state index in [9.17, 15) is 0 Å². The van der Waals surface area contributed by atoms with E-state index in [0.717, 1.165) is 32.1 Å². The highest BCUT2D eigenvalue weighted by Gasteiger charge is 2.09. The number of hydrogen-bond acceptors (Lipinski definition) is 2. The molecule has 0 bridgehead atoms. The fourth-order valence-electron chi connectivity index (χ4n) is 1.77. The lowest BCUT2D eigenvalue weighted by Crippen LogP contribution is -2.44. The Balaban J connectivity index is 0. The third-order valence-corrected chi connectivity index (χ3v) is 3.50. The lowest BCUT2D eigenvalue weighted by molar-refractivity contribution is 0.240. The summed E-state index contributed by atoms with van der Waals surface area (Å²) in [7, 11) is 0. The third-order valence-electron chi connectivity index (χ3n) is 3.50. The molecule has 0 aliphatic rings. The Hall–Kier alpha value is -0.0400. The summed E-state index contributed by atoms with van der Waals surface area (Å²) in [6.45, 7) is 19.2. The Kier molecular flexibility index (Phi) is 14.1. The molecule has 0 aliphatic carbocycles. The molecule has 0 aromatic heterocycles. The molecule has 122 valence electrons. The van der Waals surface area contributed by atoms with Gasteiger partial charge < -0.3 is 10.6 Å². The summed E-state index contributed by atoms with van der Waals surface area (Å²) in [4.78, 5) is 7.09. The Morgan fingerprint density at radius 2 is 1.70 bits per heavy atom. The van der Waals surface area contributed by atoms with E-state index in [-0.39, 0.29) is 24.0 Å². The van der Waals surface area contributed by atoms with Gasteiger partial charge in [-0.1, -0.05) is 20.8 Å². The van der Waals surface area contributed by atoms with Crippen molar-refractivity contribution in [1.82, 2.24) is 15.5 Å². The van der Waals surface area contributed by atoms with Crippen molar-refractivity contribution in [3.63, 3.8) is 0 Å². The monoisotopic (exact) mass is 398 g/mol. The fraction of sp³-hybridized carbons (Fsp3) is 0.933. The predicted molar refractivity (Wildman–Crippen MR) is 101 cm³/mol. The summed E-state index contributed by atoms with van der Waals surface area (Å²) in [6, 6.07) is 1.02. The van der Waals surface area contributed by atoms with Gasteiger partial charge in [0, 0.05) is 25.2 Å². The van der Waals surface area contributed by atoms with Crippen LogP contribution in [0.1, 0.15) is 48.5 Å². The summed E-state index contributed by atoms with van der Waals surface area (Å²) in [6.07, 6.45) is 0. The van der Waals surface area contributed by atoms with Crippen molar-refractivity contribution < 1.29 is 0 Å². The quantitative estimate of drug-likeness (QED) is 0.375. The maximum absolute atomic E-state index is 4.66. The number of hydrogen-bond donors (Lipinski definition) is 2. The van der Waals surface area contributed by atoms with Crippen LogP contribution in [-0.4, -0.2) is 49.1 Å². The molecule has 1 unspecified atom stereocenters. The van der Waals surface area contributed by atoms with Crippen LogP contribution in [0.25, 0.3) is 0 Å². The van der Waals surface area contributed by atoms with Crippen molar-refractivity contribution >= 4 is 29.9 Å². The van der Waals surface area contributed by atoms with Crippen molar-refractivity contribution in [2.24, 2.45) is 10.9 Å². The first kappa shape index (κ1) is 22.2. The second-order valence-corrected chi connectivity index (χ2v) is 5.66. The summed E-state index contributed by atoms with van der Waals surface area (Å²) < 4.78 is 0. The van der Waals surface area contributed by atoms with Gasteiger partial charge in [-0.3, -0.25) is 9.89 Å². The van der Waals surface area contributed by atoms with Gasteiger partial charge in [-0.2, -0.15) is 0 Å². The zero-order chi connectivity index (χ0) is 14.8. The van der Waals surface area contributed by atoms with Gasteiger partial charge in [0.25, 0.3) is 0 Å². The van der Waals surface area contributed by atoms with Gasteiger partial charge in [-0.15, -0.1) is 24.0 Å². The first-order valence-corrected chi connectivity index (χ1v) is 7.71. The minimum absolute atomic E-state index is 0. The number of aliphatic imine (C=N–C) groups is 1. The number of nitrogens with one attached hydrogen (secondary N) is 2. The van der Waals surface area contributed by atoms with Crippen LogP contribution in [0.15, 0.2) is 4.99 Å². The Morgan fingerprint density at radius 3 is 2.10 bits per heavy atom. The van der Waals surface area contributed by atoms with E-state index in [1.54, 1.807) is 0 Å².